The predicted octanol–water partition coefficient (Wildman–Crippen LogP) is 6.74. The highest BCUT2D eigenvalue weighted by Crippen LogP contribution is 2.32. The van der Waals surface area contributed by atoms with Gasteiger partial charge in [0.05, 0.1) is 10.4 Å². The van der Waals surface area contributed by atoms with E-state index in [1.54, 1.807) is 48.7 Å². The van der Waals surface area contributed by atoms with Gasteiger partial charge < -0.3 is 0 Å². The number of rotatable bonds is 5. The number of pyridine rings is 1. The monoisotopic (exact) mass is 445 g/mol. The minimum Gasteiger partial charge on any atom is -0.256 e. The number of nitrogens with zero attached hydrogens (tertiary/aromatic N) is 1. The van der Waals surface area contributed by atoms with Crippen LogP contribution in [0.2, 0.25) is 0 Å². The lowest BCUT2D eigenvalue weighted by molar-refractivity contribution is 0.602. The van der Waals surface area contributed by atoms with Gasteiger partial charge in [0.2, 0.25) is 0 Å². The number of aromatic nitrogens is 1. The van der Waals surface area contributed by atoms with Crippen molar-refractivity contribution in [3.8, 4) is 11.1 Å². The van der Waals surface area contributed by atoms with Gasteiger partial charge in [0.25, 0.3) is 0 Å². The Kier molecular flexibility index (Phi) is 5.94. The summed E-state index contributed by atoms with van der Waals surface area (Å²) in [6.07, 6.45) is 6.42. The van der Waals surface area contributed by atoms with Crippen LogP contribution in [0.25, 0.3) is 34.2 Å². The molecule has 5 heteroatoms. The number of benzene rings is 3. The molecule has 0 fully saturated rings. The summed E-state index contributed by atoms with van der Waals surface area (Å²) in [7, 11) is -3.25. The molecule has 0 aliphatic carbocycles. The van der Waals surface area contributed by atoms with Gasteiger partial charge in [0.15, 0.2) is 9.84 Å². The Labute approximate surface area is 188 Å². The Hall–Kier alpha value is -3.31. The molecule has 3 aromatic carbocycles. The average molecular weight is 446 g/mol. The second-order valence-corrected chi connectivity index (χ2v) is 10.2. The molecular formula is C27H24FNO2S. The van der Waals surface area contributed by atoms with E-state index in [1.165, 1.54) is 17.9 Å². The second kappa shape index (κ2) is 8.67. The first-order valence-corrected chi connectivity index (χ1v) is 12.3. The van der Waals surface area contributed by atoms with Crippen molar-refractivity contribution >= 4 is 32.9 Å². The van der Waals surface area contributed by atoms with E-state index < -0.39 is 9.84 Å². The molecule has 0 amide bonds. The summed E-state index contributed by atoms with van der Waals surface area (Å²) in [5.41, 5.74) is 5.19. The zero-order valence-corrected chi connectivity index (χ0v) is 19.0. The third-order valence-electron chi connectivity index (χ3n) is 5.46. The largest absolute Gasteiger partial charge is 0.256 e. The lowest BCUT2D eigenvalue weighted by Gasteiger charge is -2.13. The summed E-state index contributed by atoms with van der Waals surface area (Å²) in [4.78, 5) is 4.83. The van der Waals surface area contributed by atoms with Gasteiger partial charge in [-0.1, -0.05) is 50.3 Å². The van der Waals surface area contributed by atoms with E-state index in [0.29, 0.717) is 11.5 Å². The molecular weight excluding hydrogens is 421 g/mol. The number of hydrogen-bond acceptors (Lipinski definition) is 3. The molecule has 0 N–H and O–H groups in total. The molecule has 0 spiro atoms. The minimum atomic E-state index is -3.25. The molecule has 4 aromatic rings. The minimum absolute atomic E-state index is 0.257. The van der Waals surface area contributed by atoms with Gasteiger partial charge >= 0.3 is 0 Å². The summed E-state index contributed by atoms with van der Waals surface area (Å²) >= 11 is 0. The highest BCUT2D eigenvalue weighted by atomic mass is 32.2. The maximum Gasteiger partial charge on any atom is 0.175 e. The smallest absolute Gasteiger partial charge is 0.175 e. The van der Waals surface area contributed by atoms with E-state index in [1.807, 2.05) is 18.2 Å². The summed E-state index contributed by atoms with van der Waals surface area (Å²) < 4.78 is 37.8. The summed E-state index contributed by atoms with van der Waals surface area (Å²) in [6, 6.07) is 19.8. The molecule has 0 saturated heterocycles. The highest BCUT2D eigenvalue weighted by Gasteiger charge is 2.11. The van der Waals surface area contributed by atoms with Crippen molar-refractivity contribution in [1.82, 2.24) is 4.98 Å². The van der Waals surface area contributed by atoms with Crippen molar-refractivity contribution in [1.29, 1.82) is 0 Å². The van der Waals surface area contributed by atoms with Crippen LogP contribution in [0.4, 0.5) is 4.39 Å². The average Bonchev–Trinajstić information content (AvgIpc) is 2.77. The molecule has 1 aromatic heterocycles. The van der Waals surface area contributed by atoms with Gasteiger partial charge in [-0.15, -0.1) is 0 Å². The molecule has 0 saturated carbocycles. The van der Waals surface area contributed by atoms with Gasteiger partial charge in [-0.05, 0) is 65.1 Å². The molecule has 0 aliphatic heterocycles. The van der Waals surface area contributed by atoms with Crippen molar-refractivity contribution in [3.63, 3.8) is 0 Å². The molecule has 162 valence electrons. The molecule has 32 heavy (non-hydrogen) atoms. The molecule has 0 unspecified atom stereocenters. The van der Waals surface area contributed by atoms with Gasteiger partial charge in [-0.3, -0.25) is 4.98 Å². The molecule has 4 rings (SSSR count). The van der Waals surface area contributed by atoms with E-state index in [-0.39, 0.29) is 10.7 Å². The lowest BCUT2D eigenvalue weighted by Crippen LogP contribution is -1.96. The van der Waals surface area contributed by atoms with E-state index >= 15 is 0 Å². The zero-order chi connectivity index (χ0) is 22.9. The summed E-state index contributed by atoms with van der Waals surface area (Å²) in [5, 5.41) is 1.06. The van der Waals surface area contributed by atoms with Crippen LogP contribution in [-0.4, -0.2) is 19.7 Å². The lowest BCUT2D eigenvalue weighted by atomic mass is 9.93. The van der Waals surface area contributed by atoms with Gasteiger partial charge in [0.1, 0.15) is 5.82 Å². The maximum atomic E-state index is 14.6. The van der Waals surface area contributed by atoms with Gasteiger partial charge in [-0.25, -0.2) is 12.8 Å². The fourth-order valence-electron chi connectivity index (χ4n) is 3.62. The van der Waals surface area contributed by atoms with Crippen LogP contribution in [0.1, 0.15) is 36.5 Å². The highest BCUT2D eigenvalue weighted by molar-refractivity contribution is 7.90. The topological polar surface area (TPSA) is 47.0 Å². The SMILES string of the molecule is CC(C)c1cc(-c2ccc(F)c(/C=C/c3ccc(S(C)(=O)=O)cc3)c2)c2ncccc2c1. The number of fused-ring (bicyclic) bond motifs is 1. The predicted molar refractivity (Wildman–Crippen MR) is 130 cm³/mol. The normalized spacial score (nSPS) is 12.2. The Morgan fingerprint density at radius 3 is 2.38 bits per heavy atom. The molecule has 0 atom stereocenters. The molecule has 1 heterocycles. The zero-order valence-electron chi connectivity index (χ0n) is 18.2. The fraction of sp³-hybridized carbons (Fsp3) is 0.148. The second-order valence-electron chi connectivity index (χ2n) is 8.21. The molecule has 0 aliphatic rings. The molecule has 0 radical (unpaired) electrons. The van der Waals surface area contributed by atoms with Crippen LogP contribution in [0.5, 0.6) is 0 Å². The third-order valence-corrected chi connectivity index (χ3v) is 6.59. The standard InChI is InChI=1S/C27H24FNO2S/c1-18(2)23-16-22-5-4-14-29-27(22)25(17-23)20-10-13-26(28)21(15-20)9-6-19-7-11-24(12-8-19)32(3,30)31/h4-18H,1-3H3/b9-6+. The van der Waals surface area contributed by atoms with Crippen LogP contribution < -0.4 is 0 Å². The van der Waals surface area contributed by atoms with Crippen molar-refractivity contribution in [3.05, 3.63) is 95.4 Å². The fourth-order valence-corrected chi connectivity index (χ4v) is 4.25. The van der Waals surface area contributed by atoms with E-state index in [0.717, 1.165) is 27.6 Å². The van der Waals surface area contributed by atoms with Crippen molar-refractivity contribution in [2.75, 3.05) is 6.26 Å². The quantitative estimate of drug-likeness (QED) is 0.320. The van der Waals surface area contributed by atoms with E-state index in [2.05, 4.69) is 31.0 Å². The molecule has 3 nitrogen and oxygen atoms in total. The number of hydrogen-bond donors (Lipinski definition) is 0. The van der Waals surface area contributed by atoms with Crippen LogP contribution >= 0.6 is 0 Å². The van der Waals surface area contributed by atoms with Gasteiger partial charge in [0, 0.05) is 29.0 Å². The summed E-state index contributed by atoms with van der Waals surface area (Å²) in [5.74, 6) is 0.0307. The first kappa shape index (κ1) is 21.9. The third kappa shape index (κ3) is 4.63. The Morgan fingerprint density at radius 1 is 0.938 bits per heavy atom. The van der Waals surface area contributed by atoms with E-state index in [9.17, 15) is 12.8 Å². The number of halogens is 1. The first-order valence-electron chi connectivity index (χ1n) is 10.4. The van der Waals surface area contributed by atoms with Crippen molar-refractivity contribution in [2.24, 2.45) is 0 Å². The first-order chi connectivity index (χ1) is 15.2. The van der Waals surface area contributed by atoms with Crippen LogP contribution in [0, 0.1) is 5.82 Å². The van der Waals surface area contributed by atoms with Gasteiger partial charge in [-0.2, -0.15) is 0 Å². The maximum absolute atomic E-state index is 14.6. The Balaban J connectivity index is 1.75. The van der Waals surface area contributed by atoms with E-state index in [4.69, 9.17) is 0 Å². The number of sulfone groups is 1. The van der Waals surface area contributed by atoms with Crippen LogP contribution in [0.3, 0.4) is 0 Å². The van der Waals surface area contributed by atoms with Crippen molar-refractivity contribution < 1.29 is 12.8 Å². The van der Waals surface area contributed by atoms with Crippen LogP contribution in [-0.2, 0) is 9.84 Å². The molecule has 0 bridgehead atoms. The summed E-state index contributed by atoms with van der Waals surface area (Å²) in [6.45, 7) is 4.30. The Morgan fingerprint density at radius 2 is 1.69 bits per heavy atom. The van der Waals surface area contributed by atoms with Crippen molar-refractivity contribution in [2.45, 2.75) is 24.7 Å². The Bertz CT molecular complexity index is 1420. The van der Waals surface area contributed by atoms with Crippen LogP contribution in [0.15, 0.2) is 77.8 Å².